The van der Waals surface area contributed by atoms with Crippen molar-refractivity contribution in [3.8, 4) is 0 Å². The third-order valence-corrected chi connectivity index (χ3v) is 4.31. The fourth-order valence-electron chi connectivity index (χ4n) is 1.58. The Hall–Kier alpha value is -1.47. The Bertz CT molecular complexity index is 526. The number of hydrogen-bond acceptors (Lipinski definition) is 5. The van der Waals surface area contributed by atoms with E-state index in [9.17, 15) is 18.5 Å². The van der Waals surface area contributed by atoms with Crippen LogP contribution < -0.4 is 5.73 Å². The molecule has 0 spiro atoms. The fourth-order valence-corrected chi connectivity index (χ4v) is 3.09. The molecule has 18 heavy (non-hydrogen) atoms. The zero-order valence-corrected chi connectivity index (χ0v) is 10.9. The van der Waals surface area contributed by atoms with Gasteiger partial charge < -0.3 is 5.73 Å². The van der Waals surface area contributed by atoms with Crippen molar-refractivity contribution in [2.45, 2.75) is 30.7 Å². The average Bonchev–Trinajstić information content (AvgIpc) is 2.28. The normalized spacial score (nSPS) is 13.2. The third-order valence-electron chi connectivity index (χ3n) is 2.47. The Morgan fingerprint density at radius 3 is 2.56 bits per heavy atom. The van der Waals surface area contributed by atoms with Crippen LogP contribution in [0.3, 0.4) is 0 Å². The Labute approximate surface area is 106 Å². The van der Waals surface area contributed by atoms with Crippen molar-refractivity contribution in [2.75, 3.05) is 5.75 Å². The molecule has 0 heterocycles. The predicted molar refractivity (Wildman–Crippen MR) is 68.0 cm³/mol. The minimum Gasteiger partial charge on any atom is -0.328 e. The van der Waals surface area contributed by atoms with Gasteiger partial charge >= 0.3 is 0 Å². The molecule has 1 atom stereocenters. The van der Waals surface area contributed by atoms with E-state index in [0.717, 1.165) is 0 Å². The number of benzene rings is 1. The molecule has 1 unspecified atom stereocenters. The summed E-state index contributed by atoms with van der Waals surface area (Å²) in [4.78, 5) is 9.87. The van der Waals surface area contributed by atoms with Crippen LogP contribution in [-0.2, 0) is 9.84 Å². The number of nitro benzene ring substituents is 1. The number of nitro groups is 1. The first-order valence-corrected chi connectivity index (χ1v) is 7.21. The molecular weight excluding hydrogens is 256 g/mol. The van der Waals surface area contributed by atoms with Gasteiger partial charge in [-0.25, -0.2) is 8.42 Å². The molecule has 0 saturated heterocycles. The van der Waals surface area contributed by atoms with Gasteiger partial charge in [0.15, 0.2) is 9.84 Å². The van der Waals surface area contributed by atoms with Gasteiger partial charge in [0.1, 0.15) is 4.90 Å². The SMILES string of the molecule is CC(N)CCCS(=O)(=O)c1ccccc1[N+](=O)[O-]. The molecule has 1 rings (SSSR count). The van der Waals surface area contributed by atoms with Gasteiger partial charge in [-0.3, -0.25) is 10.1 Å². The second-order valence-electron chi connectivity index (χ2n) is 4.16. The molecule has 100 valence electrons. The molecule has 0 radical (unpaired) electrons. The van der Waals surface area contributed by atoms with Crippen LogP contribution in [0, 0.1) is 10.1 Å². The minimum absolute atomic E-state index is 0.0778. The molecule has 0 aliphatic heterocycles. The van der Waals surface area contributed by atoms with Crippen LogP contribution in [0.1, 0.15) is 19.8 Å². The first kappa shape index (κ1) is 14.6. The van der Waals surface area contributed by atoms with E-state index >= 15 is 0 Å². The van der Waals surface area contributed by atoms with Crippen molar-refractivity contribution in [3.63, 3.8) is 0 Å². The maximum absolute atomic E-state index is 12.0. The van der Waals surface area contributed by atoms with Crippen molar-refractivity contribution in [1.29, 1.82) is 0 Å². The highest BCUT2D eigenvalue weighted by molar-refractivity contribution is 7.91. The summed E-state index contributed by atoms with van der Waals surface area (Å²) in [5.41, 5.74) is 5.16. The minimum atomic E-state index is -3.63. The molecule has 0 aliphatic carbocycles. The molecular formula is C11H16N2O4S. The lowest BCUT2D eigenvalue weighted by molar-refractivity contribution is -0.387. The molecule has 0 amide bonds. The van der Waals surface area contributed by atoms with Crippen LogP contribution in [0.5, 0.6) is 0 Å². The highest BCUT2D eigenvalue weighted by Gasteiger charge is 2.24. The summed E-state index contributed by atoms with van der Waals surface area (Å²) in [6.45, 7) is 1.79. The zero-order chi connectivity index (χ0) is 13.8. The number of sulfone groups is 1. The smallest absolute Gasteiger partial charge is 0.287 e. The fraction of sp³-hybridized carbons (Fsp3) is 0.455. The van der Waals surface area contributed by atoms with Gasteiger partial charge in [-0.05, 0) is 25.8 Å². The molecule has 0 bridgehead atoms. The molecule has 0 saturated carbocycles. The van der Waals surface area contributed by atoms with Crippen molar-refractivity contribution < 1.29 is 13.3 Å². The standard InChI is InChI=1S/C11H16N2O4S/c1-9(12)5-4-8-18(16,17)11-7-3-2-6-10(11)13(14)15/h2-3,6-7,9H,4-5,8,12H2,1H3. The highest BCUT2D eigenvalue weighted by Crippen LogP contribution is 2.24. The third kappa shape index (κ3) is 3.78. The summed E-state index contributed by atoms with van der Waals surface area (Å²) in [6.07, 6.45) is 0.964. The zero-order valence-electron chi connectivity index (χ0n) is 10.1. The van der Waals surface area contributed by atoms with E-state index in [-0.39, 0.29) is 22.4 Å². The van der Waals surface area contributed by atoms with Gasteiger partial charge in [-0.1, -0.05) is 12.1 Å². The molecule has 0 aromatic heterocycles. The molecule has 1 aromatic carbocycles. The van der Waals surface area contributed by atoms with Gasteiger partial charge in [-0.2, -0.15) is 0 Å². The first-order chi connectivity index (χ1) is 8.34. The second-order valence-corrected chi connectivity index (χ2v) is 6.24. The summed E-state index contributed by atoms with van der Waals surface area (Å²) >= 11 is 0. The number of nitrogens with zero attached hydrogens (tertiary/aromatic N) is 1. The van der Waals surface area contributed by atoms with Gasteiger partial charge in [0.05, 0.1) is 10.7 Å². The largest absolute Gasteiger partial charge is 0.328 e. The van der Waals surface area contributed by atoms with Crippen LogP contribution in [0.4, 0.5) is 5.69 Å². The van der Waals surface area contributed by atoms with Crippen LogP contribution in [0.25, 0.3) is 0 Å². The van der Waals surface area contributed by atoms with E-state index in [1.807, 2.05) is 0 Å². The Kier molecular flexibility index (Phi) is 4.80. The molecule has 1 aromatic rings. The highest BCUT2D eigenvalue weighted by atomic mass is 32.2. The molecule has 2 N–H and O–H groups in total. The second kappa shape index (κ2) is 5.92. The summed E-state index contributed by atoms with van der Waals surface area (Å²) in [5, 5.41) is 10.8. The summed E-state index contributed by atoms with van der Waals surface area (Å²) < 4.78 is 24.0. The number of rotatable bonds is 6. The Morgan fingerprint density at radius 1 is 1.39 bits per heavy atom. The number of para-hydroxylation sites is 1. The van der Waals surface area contributed by atoms with E-state index < -0.39 is 14.8 Å². The summed E-state index contributed by atoms with van der Waals surface area (Å²) in [6, 6.07) is 5.30. The Balaban J connectivity index is 2.95. The van der Waals surface area contributed by atoms with Crippen molar-refractivity contribution in [3.05, 3.63) is 34.4 Å². The molecule has 0 aliphatic rings. The van der Waals surface area contributed by atoms with Gasteiger partial charge in [0.2, 0.25) is 0 Å². The maximum atomic E-state index is 12.0. The lowest BCUT2D eigenvalue weighted by atomic mass is 10.2. The van der Waals surface area contributed by atoms with Gasteiger partial charge in [0.25, 0.3) is 5.69 Å². The van der Waals surface area contributed by atoms with E-state index in [2.05, 4.69) is 0 Å². The van der Waals surface area contributed by atoms with E-state index in [4.69, 9.17) is 5.73 Å². The van der Waals surface area contributed by atoms with Crippen molar-refractivity contribution >= 4 is 15.5 Å². The van der Waals surface area contributed by atoms with Crippen LogP contribution >= 0.6 is 0 Å². The topological polar surface area (TPSA) is 103 Å². The lowest BCUT2D eigenvalue weighted by Gasteiger charge is -2.06. The molecule has 0 fully saturated rings. The Morgan fingerprint density at radius 2 is 2.00 bits per heavy atom. The van der Waals surface area contributed by atoms with E-state index in [1.165, 1.54) is 24.3 Å². The quantitative estimate of drug-likeness (QED) is 0.624. The maximum Gasteiger partial charge on any atom is 0.287 e. The van der Waals surface area contributed by atoms with E-state index in [0.29, 0.717) is 12.8 Å². The monoisotopic (exact) mass is 272 g/mol. The van der Waals surface area contributed by atoms with E-state index in [1.54, 1.807) is 6.92 Å². The molecule has 7 heteroatoms. The average molecular weight is 272 g/mol. The van der Waals surface area contributed by atoms with Crippen LogP contribution in [-0.4, -0.2) is 25.1 Å². The number of hydrogen-bond donors (Lipinski definition) is 1. The van der Waals surface area contributed by atoms with Crippen LogP contribution in [0.15, 0.2) is 29.2 Å². The van der Waals surface area contributed by atoms with Gasteiger partial charge in [0, 0.05) is 12.1 Å². The summed E-state index contributed by atoms with van der Waals surface area (Å²) in [5.74, 6) is -0.126. The lowest BCUT2D eigenvalue weighted by Crippen LogP contribution is -2.17. The predicted octanol–water partition coefficient (Wildman–Crippen LogP) is 1.50. The van der Waals surface area contributed by atoms with Crippen molar-refractivity contribution in [1.82, 2.24) is 0 Å². The van der Waals surface area contributed by atoms with Gasteiger partial charge in [-0.15, -0.1) is 0 Å². The first-order valence-electron chi connectivity index (χ1n) is 5.56. The molecule has 6 nitrogen and oxygen atoms in total. The number of nitrogens with two attached hydrogens (primary N) is 1. The van der Waals surface area contributed by atoms with Crippen molar-refractivity contribution in [2.24, 2.45) is 5.73 Å². The summed E-state index contributed by atoms with van der Waals surface area (Å²) in [7, 11) is -3.63. The van der Waals surface area contributed by atoms with Crippen LogP contribution in [0.2, 0.25) is 0 Å².